The first kappa shape index (κ1) is 13.4. The van der Waals surface area contributed by atoms with Gasteiger partial charge in [0.25, 0.3) is 0 Å². The van der Waals surface area contributed by atoms with Crippen molar-refractivity contribution in [3.05, 3.63) is 35.4 Å². The van der Waals surface area contributed by atoms with Gasteiger partial charge in [0.1, 0.15) is 0 Å². The van der Waals surface area contributed by atoms with Crippen LogP contribution in [0.5, 0.6) is 0 Å². The van der Waals surface area contributed by atoms with Gasteiger partial charge >= 0.3 is 0 Å². The van der Waals surface area contributed by atoms with Gasteiger partial charge in [-0.3, -0.25) is 4.79 Å². The van der Waals surface area contributed by atoms with Crippen LogP contribution in [0.15, 0.2) is 24.3 Å². The maximum absolute atomic E-state index is 11.9. The Balaban J connectivity index is 2.10. The van der Waals surface area contributed by atoms with E-state index in [2.05, 4.69) is 38.1 Å². The summed E-state index contributed by atoms with van der Waals surface area (Å²) in [6, 6.07) is 8.70. The quantitative estimate of drug-likeness (QED) is 0.764. The molecule has 2 atom stereocenters. The second-order valence-electron chi connectivity index (χ2n) is 5.04. The van der Waals surface area contributed by atoms with Gasteiger partial charge in [-0.05, 0) is 30.4 Å². The molecule has 1 heterocycles. The van der Waals surface area contributed by atoms with Crippen molar-refractivity contribution in [2.45, 2.75) is 32.7 Å². The molecule has 1 fully saturated rings. The summed E-state index contributed by atoms with van der Waals surface area (Å²) in [6.45, 7) is 5.03. The number of likely N-dealkylation sites (tertiary alicyclic amines) is 1. The number of aryl methyl sites for hydroxylation is 1. The molecule has 3 heteroatoms. The average molecular weight is 266 g/mol. The highest BCUT2D eigenvalue weighted by Gasteiger charge is 2.32. The molecule has 1 aliphatic rings. The number of carbonyl (C=O) groups is 1. The second kappa shape index (κ2) is 5.75. The predicted octanol–water partition coefficient (Wildman–Crippen LogP) is 3.40. The zero-order valence-electron chi connectivity index (χ0n) is 11.0. The van der Waals surface area contributed by atoms with E-state index in [1.54, 1.807) is 0 Å². The smallest absolute Gasteiger partial charge is 0.223 e. The van der Waals surface area contributed by atoms with E-state index in [1.165, 1.54) is 11.1 Å². The number of hydrogen-bond acceptors (Lipinski definition) is 1. The summed E-state index contributed by atoms with van der Waals surface area (Å²) >= 11 is 5.85. The molecule has 1 saturated heterocycles. The van der Waals surface area contributed by atoms with Crippen LogP contribution < -0.4 is 0 Å². The average Bonchev–Trinajstić information content (AvgIpc) is 2.79. The van der Waals surface area contributed by atoms with Gasteiger partial charge in [-0.2, -0.15) is 0 Å². The largest absolute Gasteiger partial charge is 0.336 e. The number of carbonyl (C=O) groups excluding carboxylic acids is 1. The molecule has 2 unspecified atom stereocenters. The summed E-state index contributed by atoms with van der Waals surface area (Å²) in [6.07, 6.45) is 1.65. The van der Waals surface area contributed by atoms with Gasteiger partial charge in [0.15, 0.2) is 0 Å². The van der Waals surface area contributed by atoms with E-state index in [4.69, 9.17) is 11.6 Å². The number of benzene rings is 1. The Morgan fingerprint density at radius 3 is 2.56 bits per heavy atom. The van der Waals surface area contributed by atoms with Gasteiger partial charge in [0.05, 0.1) is 6.04 Å². The summed E-state index contributed by atoms with van der Waals surface area (Å²) in [5, 5.41) is 0. The van der Waals surface area contributed by atoms with Crippen LogP contribution in [0.4, 0.5) is 0 Å². The summed E-state index contributed by atoms with van der Waals surface area (Å²) < 4.78 is 0. The monoisotopic (exact) mass is 265 g/mol. The first-order chi connectivity index (χ1) is 8.65. The molecule has 1 amide bonds. The Morgan fingerprint density at radius 1 is 1.39 bits per heavy atom. The second-order valence-corrected chi connectivity index (χ2v) is 5.35. The lowest BCUT2D eigenvalue weighted by Gasteiger charge is -2.25. The van der Waals surface area contributed by atoms with Crippen molar-refractivity contribution in [2.24, 2.45) is 5.92 Å². The van der Waals surface area contributed by atoms with Crippen LogP contribution in [0.2, 0.25) is 0 Å². The third-order valence-corrected chi connectivity index (χ3v) is 4.23. The molecule has 0 bridgehead atoms. The molecule has 1 aliphatic heterocycles. The number of nitrogens with zero attached hydrogens (tertiary/aromatic N) is 1. The molecular formula is C15H20ClNO. The Bertz CT molecular complexity index is 415. The van der Waals surface area contributed by atoms with Crippen LogP contribution in [0, 0.1) is 5.92 Å². The van der Waals surface area contributed by atoms with E-state index in [1.807, 2.05) is 4.90 Å². The lowest BCUT2D eigenvalue weighted by molar-refractivity contribution is -0.129. The van der Waals surface area contributed by atoms with E-state index in [-0.39, 0.29) is 11.9 Å². The van der Waals surface area contributed by atoms with Crippen LogP contribution >= 0.6 is 11.6 Å². The third-order valence-electron chi connectivity index (χ3n) is 3.79. The van der Waals surface area contributed by atoms with Gasteiger partial charge in [-0.1, -0.05) is 31.2 Å². The molecule has 2 nitrogen and oxygen atoms in total. The number of rotatable bonds is 4. The molecule has 2 rings (SSSR count). The number of amides is 1. The zero-order chi connectivity index (χ0) is 13.1. The van der Waals surface area contributed by atoms with Crippen LogP contribution in [-0.2, 0) is 11.2 Å². The number of alkyl halides is 1. The highest BCUT2D eigenvalue weighted by molar-refractivity contribution is 6.18. The fraction of sp³-hybridized carbons (Fsp3) is 0.533. The van der Waals surface area contributed by atoms with E-state index >= 15 is 0 Å². The van der Waals surface area contributed by atoms with Crippen molar-refractivity contribution >= 4 is 17.5 Å². The highest BCUT2D eigenvalue weighted by Crippen LogP contribution is 2.29. The van der Waals surface area contributed by atoms with Crippen LogP contribution in [0.3, 0.4) is 0 Å². The highest BCUT2D eigenvalue weighted by atomic mass is 35.5. The summed E-state index contributed by atoms with van der Waals surface area (Å²) in [4.78, 5) is 13.9. The fourth-order valence-electron chi connectivity index (χ4n) is 2.50. The first-order valence-corrected chi connectivity index (χ1v) is 7.13. The van der Waals surface area contributed by atoms with Crippen molar-refractivity contribution in [1.29, 1.82) is 0 Å². The SMILES string of the molecule is CCc1ccc(C(C)N2CC(CCl)CC2=O)cc1. The molecule has 0 aliphatic carbocycles. The lowest BCUT2D eigenvalue weighted by atomic mass is 10.0. The predicted molar refractivity (Wildman–Crippen MR) is 74.8 cm³/mol. The number of halogens is 1. The Morgan fingerprint density at radius 2 is 2.06 bits per heavy atom. The normalized spacial score (nSPS) is 21.4. The zero-order valence-corrected chi connectivity index (χ0v) is 11.8. The van der Waals surface area contributed by atoms with E-state index < -0.39 is 0 Å². The molecule has 0 saturated carbocycles. The molecular weight excluding hydrogens is 246 g/mol. The molecule has 0 aromatic heterocycles. The summed E-state index contributed by atoms with van der Waals surface area (Å²) in [5.74, 6) is 1.12. The minimum absolute atomic E-state index is 0.150. The minimum Gasteiger partial charge on any atom is -0.336 e. The van der Waals surface area contributed by atoms with Crippen LogP contribution in [0.25, 0.3) is 0 Å². The molecule has 0 N–H and O–H groups in total. The van der Waals surface area contributed by atoms with Gasteiger partial charge in [0, 0.05) is 18.8 Å². The maximum Gasteiger partial charge on any atom is 0.223 e. The Hall–Kier alpha value is -1.02. The van der Waals surface area contributed by atoms with Crippen LogP contribution in [0.1, 0.15) is 37.4 Å². The first-order valence-electron chi connectivity index (χ1n) is 6.60. The molecule has 0 radical (unpaired) electrons. The third kappa shape index (κ3) is 2.69. The maximum atomic E-state index is 11.9. The molecule has 0 spiro atoms. The molecule has 1 aromatic rings. The van der Waals surface area contributed by atoms with Crippen molar-refractivity contribution in [2.75, 3.05) is 12.4 Å². The molecule has 18 heavy (non-hydrogen) atoms. The van der Waals surface area contributed by atoms with Crippen molar-refractivity contribution in [1.82, 2.24) is 4.90 Å². The summed E-state index contributed by atoms with van der Waals surface area (Å²) in [5.41, 5.74) is 2.54. The standard InChI is InChI=1S/C15H20ClNO/c1-3-12-4-6-14(7-5-12)11(2)17-10-13(9-16)8-15(17)18/h4-7,11,13H,3,8-10H2,1-2H3. The van der Waals surface area contributed by atoms with Gasteiger partial charge in [-0.15, -0.1) is 11.6 Å². The van der Waals surface area contributed by atoms with Gasteiger partial charge < -0.3 is 4.90 Å². The Kier molecular flexibility index (Phi) is 4.28. The molecule has 1 aromatic carbocycles. The molecule has 98 valence electrons. The van der Waals surface area contributed by atoms with Crippen molar-refractivity contribution in [3.63, 3.8) is 0 Å². The minimum atomic E-state index is 0.150. The van der Waals surface area contributed by atoms with Crippen LogP contribution in [-0.4, -0.2) is 23.2 Å². The number of hydrogen-bond donors (Lipinski definition) is 0. The van der Waals surface area contributed by atoms with Gasteiger partial charge in [0.2, 0.25) is 5.91 Å². The van der Waals surface area contributed by atoms with E-state index in [0.29, 0.717) is 18.2 Å². The fourth-order valence-corrected chi connectivity index (χ4v) is 2.70. The van der Waals surface area contributed by atoms with E-state index in [0.717, 1.165) is 13.0 Å². The summed E-state index contributed by atoms with van der Waals surface area (Å²) in [7, 11) is 0. The van der Waals surface area contributed by atoms with Crippen molar-refractivity contribution in [3.8, 4) is 0 Å². The van der Waals surface area contributed by atoms with Crippen molar-refractivity contribution < 1.29 is 4.79 Å². The lowest BCUT2D eigenvalue weighted by Crippen LogP contribution is -2.28. The van der Waals surface area contributed by atoms with E-state index in [9.17, 15) is 4.79 Å². The van der Waals surface area contributed by atoms with Gasteiger partial charge in [-0.25, -0.2) is 0 Å². The Labute approximate surface area is 114 Å². The topological polar surface area (TPSA) is 20.3 Å².